The van der Waals surface area contributed by atoms with Gasteiger partial charge in [0.05, 0.1) is 20.4 Å². The minimum Gasteiger partial charge on any atom is -0.323 e. The van der Waals surface area contributed by atoms with Crippen molar-refractivity contribution < 1.29 is 26.5 Å². The predicted molar refractivity (Wildman–Crippen MR) is 96.3 cm³/mol. The van der Waals surface area contributed by atoms with E-state index in [0.29, 0.717) is 0 Å². The molecule has 0 heterocycles. The topological polar surface area (TPSA) is 107 Å². The Labute approximate surface area is 163 Å². The molecule has 28 heavy (non-hydrogen) atoms. The summed E-state index contributed by atoms with van der Waals surface area (Å²) in [7, 11) is -2.84. The molecular weight excluding hydrogens is 423 g/mol. The molecule has 7 nitrogen and oxygen atoms in total. The fraction of sp³-hybridized carbons (Fsp3) is 0.250. The van der Waals surface area contributed by atoms with Crippen LogP contribution < -0.4 is 5.73 Å². The number of hydrogen-bond acceptors (Lipinski definition) is 5. The van der Waals surface area contributed by atoms with E-state index in [9.17, 15) is 31.7 Å². The van der Waals surface area contributed by atoms with Gasteiger partial charge in [-0.15, -0.1) is 0 Å². The summed E-state index contributed by atoms with van der Waals surface area (Å²) in [5.41, 5.74) is 4.60. The number of rotatable bonds is 6. The van der Waals surface area contributed by atoms with Crippen LogP contribution in [0.25, 0.3) is 0 Å². The molecule has 2 aromatic carbocycles. The molecule has 12 heteroatoms. The van der Waals surface area contributed by atoms with Gasteiger partial charge in [0.25, 0.3) is 5.69 Å². The molecular formula is C16H15ClF3N3O4S. The highest BCUT2D eigenvalue weighted by Gasteiger charge is 2.34. The fourth-order valence-corrected chi connectivity index (χ4v) is 3.81. The lowest BCUT2D eigenvalue weighted by molar-refractivity contribution is -0.384. The lowest BCUT2D eigenvalue weighted by Crippen LogP contribution is -2.34. The number of nitro groups is 1. The van der Waals surface area contributed by atoms with Crippen LogP contribution in [-0.4, -0.2) is 31.2 Å². The molecule has 0 unspecified atom stereocenters. The van der Waals surface area contributed by atoms with Crippen LogP contribution in [0.4, 0.5) is 18.9 Å². The quantitative estimate of drug-likeness (QED) is 0.549. The lowest BCUT2D eigenvalue weighted by Gasteiger charge is -2.22. The van der Waals surface area contributed by atoms with Crippen molar-refractivity contribution in [2.24, 2.45) is 5.73 Å². The number of nitrogens with two attached hydrogens (primary N) is 1. The van der Waals surface area contributed by atoms with Crippen LogP contribution in [0.1, 0.15) is 17.2 Å². The number of non-ortho nitro benzene ring substituents is 1. The molecule has 0 aromatic heterocycles. The molecule has 152 valence electrons. The minimum atomic E-state index is -4.68. The first-order valence-corrected chi connectivity index (χ1v) is 9.49. The molecule has 0 spiro atoms. The normalized spacial score (nSPS) is 13.5. The standard InChI is InChI=1S/C16H15ClF3N3O4S/c1-22(28(26,27)12-5-3-11(4-6-12)23(24)25)9-15(21)10-2-7-14(17)13(8-10)16(18,19)20/h2-8,15H,9,21H2,1H3/t15-/m1/s1. The van der Waals surface area contributed by atoms with E-state index in [-0.39, 0.29) is 22.7 Å². The third-order valence-electron chi connectivity index (χ3n) is 3.93. The van der Waals surface area contributed by atoms with Crippen LogP contribution >= 0.6 is 11.6 Å². The smallest absolute Gasteiger partial charge is 0.323 e. The summed E-state index contributed by atoms with van der Waals surface area (Å²) >= 11 is 5.56. The van der Waals surface area contributed by atoms with Crippen LogP contribution in [0.15, 0.2) is 47.4 Å². The Balaban J connectivity index is 2.23. The number of hydrogen-bond donors (Lipinski definition) is 1. The molecule has 2 N–H and O–H groups in total. The van der Waals surface area contributed by atoms with Gasteiger partial charge in [0.1, 0.15) is 0 Å². The number of benzene rings is 2. The second kappa shape index (κ2) is 8.03. The van der Waals surface area contributed by atoms with E-state index in [4.69, 9.17) is 17.3 Å². The molecule has 0 aliphatic rings. The van der Waals surface area contributed by atoms with Gasteiger partial charge in [-0.3, -0.25) is 10.1 Å². The Hall–Kier alpha value is -2.21. The molecule has 0 fully saturated rings. The molecule has 0 radical (unpaired) electrons. The van der Waals surface area contributed by atoms with E-state index in [1.807, 2.05) is 0 Å². The second-order valence-corrected chi connectivity index (χ2v) is 8.33. The maximum Gasteiger partial charge on any atom is 0.417 e. The van der Waals surface area contributed by atoms with E-state index in [0.717, 1.165) is 40.7 Å². The minimum absolute atomic E-state index is 0.0578. The van der Waals surface area contributed by atoms with Gasteiger partial charge < -0.3 is 5.73 Å². The van der Waals surface area contributed by atoms with Gasteiger partial charge in [-0.2, -0.15) is 17.5 Å². The van der Waals surface area contributed by atoms with Crippen molar-refractivity contribution >= 4 is 27.3 Å². The van der Waals surface area contributed by atoms with Gasteiger partial charge in [-0.1, -0.05) is 17.7 Å². The number of alkyl halides is 3. The number of nitrogens with zero attached hydrogens (tertiary/aromatic N) is 2. The number of nitro benzene ring substituents is 1. The summed E-state index contributed by atoms with van der Waals surface area (Å²) < 4.78 is 64.9. The molecule has 2 rings (SSSR count). The zero-order chi connectivity index (χ0) is 21.3. The zero-order valence-corrected chi connectivity index (χ0v) is 15.9. The van der Waals surface area contributed by atoms with Crippen molar-refractivity contribution in [2.45, 2.75) is 17.1 Å². The van der Waals surface area contributed by atoms with Crippen LogP contribution in [0, 0.1) is 10.1 Å². The third-order valence-corrected chi connectivity index (χ3v) is 6.10. The molecule has 0 amide bonds. The monoisotopic (exact) mass is 437 g/mol. The van der Waals surface area contributed by atoms with E-state index >= 15 is 0 Å². The van der Waals surface area contributed by atoms with Gasteiger partial charge in [0, 0.05) is 31.8 Å². The van der Waals surface area contributed by atoms with Gasteiger partial charge in [0.2, 0.25) is 10.0 Å². The zero-order valence-electron chi connectivity index (χ0n) is 14.4. The highest BCUT2D eigenvalue weighted by molar-refractivity contribution is 7.89. The molecule has 0 aliphatic heterocycles. The summed E-state index contributed by atoms with van der Waals surface area (Å²) in [6.07, 6.45) is -4.68. The van der Waals surface area contributed by atoms with Crippen molar-refractivity contribution in [2.75, 3.05) is 13.6 Å². The number of likely N-dealkylation sites (N-methyl/N-ethyl adjacent to an activating group) is 1. The molecule has 0 saturated carbocycles. The van der Waals surface area contributed by atoms with Crippen molar-refractivity contribution in [3.63, 3.8) is 0 Å². The summed E-state index contributed by atoms with van der Waals surface area (Å²) in [4.78, 5) is 9.78. The fourth-order valence-electron chi connectivity index (χ4n) is 2.39. The van der Waals surface area contributed by atoms with Crippen LogP contribution in [0.5, 0.6) is 0 Å². The first-order chi connectivity index (χ1) is 12.8. The van der Waals surface area contributed by atoms with Crippen molar-refractivity contribution in [1.82, 2.24) is 4.31 Å². The highest BCUT2D eigenvalue weighted by atomic mass is 35.5. The van der Waals surface area contributed by atoms with Crippen molar-refractivity contribution in [3.05, 3.63) is 68.7 Å². The van der Waals surface area contributed by atoms with E-state index in [1.165, 1.54) is 13.1 Å². The first kappa shape index (κ1) is 22.1. The van der Waals surface area contributed by atoms with Gasteiger partial charge >= 0.3 is 6.18 Å². The van der Waals surface area contributed by atoms with Crippen molar-refractivity contribution in [3.8, 4) is 0 Å². The Morgan fingerprint density at radius 2 is 1.79 bits per heavy atom. The van der Waals surface area contributed by atoms with Gasteiger partial charge in [-0.05, 0) is 29.8 Å². The Morgan fingerprint density at radius 1 is 1.21 bits per heavy atom. The van der Waals surface area contributed by atoms with Crippen LogP contribution in [0.2, 0.25) is 5.02 Å². The summed E-state index contributed by atoms with van der Waals surface area (Å²) in [5, 5.41) is 10.2. The Bertz CT molecular complexity index is 982. The van der Waals surface area contributed by atoms with Crippen LogP contribution in [0.3, 0.4) is 0 Å². The Morgan fingerprint density at radius 3 is 2.29 bits per heavy atom. The van der Waals surface area contributed by atoms with Crippen molar-refractivity contribution in [1.29, 1.82) is 0 Å². The molecule has 1 atom stereocenters. The predicted octanol–water partition coefficient (Wildman–Crippen LogP) is 3.59. The maximum absolute atomic E-state index is 13.0. The summed E-state index contributed by atoms with van der Waals surface area (Å²) in [6, 6.07) is 6.26. The largest absolute Gasteiger partial charge is 0.417 e. The second-order valence-electron chi connectivity index (χ2n) is 5.88. The van der Waals surface area contributed by atoms with E-state index < -0.39 is 37.8 Å². The average molecular weight is 438 g/mol. The molecule has 2 aromatic rings. The first-order valence-electron chi connectivity index (χ1n) is 7.67. The SMILES string of the molecule is CN(C[C@@H](N)c1ccc(Cl)c(C(F)(F)F)c1)S(=O)(=O)c1ccc([N+](=O)[O-])cc1. The number of sulfonamides is 1. The molecule has 0 aliphatic carbocycles. The maximum atomic E-state index is 13.0. The third kappa shape index (κ3) is 4.79. The summed E-state index contributed by atoms with van der Waals surface area (Å²) in [5.74, 6) is 0. The van der Waals surface area contributed by atoms with E-state index in [2.05, 4.69) is 0 Å². The van der Waals surface area contributed by atoms with Gasteiger partial charge in [-0.25, -0.2) is 8.42 Å². The number of halogens is 4. The summed E-state index contributed by atoms with van der Waals surface area (Å²) in [6.45, 7) is -0.321. The van der Waals surface area contributed by atoms with Gasteiger partial charge in [0.15, 0.2) is 0 Å². The van der Waals surface area contributed by atoms with E-state index in [1.54, 1.807) is 0 Å². The average Bonchev–Trinajstić information content (AvgIpc) is 2.60. The van der Waals surface area contributed by atoms with Crippen LogP contribution in [-0.2, 0) is 16.2 Å². The molecule has 0 bridgehead atoms. The molecule has 0 saturated heterocycles. The lowest BCUT2D eigenvalue weighted by atomic mass is 10.0. The Kier molecular flexibility index (Phi) is 6.34. The highest BCUT2D eigenvalue weighted by Crippen LogP contribution is 2.36.